The first-order chi connectivity index (χ1) is 9.43. The lowest BCUT2D eigenvalue weighted by atomic mass is 9.94. The van der Waals surface area contributed by atoms with Crippen LogP contribution < -0.4 is 4.90 Å². The number of ketones is 1. The van der Waals surface area contributed by atoms with E-state index in [2.05, 4.69) is 23.7 Å². The first kappa shape index (κ1) is 15.0. The molecular weight excluding hydrogens is 276 g/mol. The molecule has 1 aromatic rings. The largest absolute Gasteiger partial charge is 0.464 e. The summed E-state index contributed by atoms with van der Waals surface area (Å²) in [6, 6.07) is 0.371. The number of nitrogens with zero attached hydrogens (tertiary/aromatic N) is 2. The Bertz CT molecular complexity index is 526. The van der Waals surface area contributed by atoms with E-state index in [1.54, 1.807) is 0 Å². The molecule has 110 valence electrons. The number of thiazole rings is 1. The lowest BCUT2D eigenvalue weighted by Crippen LogP contribution is -2.40. The molecule has 0 saturated carbocycles. The second-order valence-electron chi connectivity index (χ2n) is 5.39. The normalized spacial score (nSPS) is 22.7. The molecule has 5 nitrogen and oxygen atoms in total. The maximum absolute atomic E-state index is 11.7. The predicted octanol–water partition coefficient (Wildman–Crippen LogP) is 2.76. The van der Waals surface area contributed by atoms with Gasteiger partial charge < -0.3 is 9.64 Å². The number of piperidine rings is 1. The molecule has 1 aromatic heterocycles. The molecule has 0 bridgehead atoms. The lowest BCUT2D eigenvalue weighted by molar-refractivity contribution is 0.0591. The van der Waals surface area contributed by atoms with Gasteiger partial charge in [0.1, 0.15) is 4.88 Å². The molecule has 20 heavy (non-hydrogen) atoms. The van der Waals surface area contributed by atoms with E-state index in [4.69, 9.17) is 4.74 Å². The third-order valence-corrected chi connectivity index (χ3v) is 4.89. The van der Waals surface area contributed by atoms with Crippen LogP contribution in [0.2, 0.25) is 0 Å². The predicted molar refractivity (Wildman–Crippen MR) is 78.7 cm³/mol. The van der Waals surface area contributed by atoms with Gasteiger partial charge in [-0.2, -0.15) is 0 Å². The zero-order valence-corrected chi connectivity index (χ0v) is 13.1. The molecule has 2 atom stereocenters. The van der Waals surface area contributed by atoms with Crippen LogP contribution in [0.3, 0.4) is 0 Å². The number of carbonyl (C=O) groups is 2. The highest BCUT2D eigenvalue weighted by atomic mass is 32.1. The van der Waals surface area contributed by atoms with E-state index in [-0.39, 0.29) is 11.5 Å². The molecule has 0 spiro atoms. The monoisotopic (exact) mass is 296 g/mol. The molecule has 0 N–H and O–H groups in total. The van der Waals surface area contributed by atoms with Crippen molar-refractivity contribution in [2.75, 3.05) is 18.6 Å². The Balaban J connectivity index is 2.33. The summed E-state index contributed by atoms with van der Waals surface area (Å²) in [5.41, 5.74) is 0.144. The molecule has 0 amide bonds. The minimum absolute atomic E-state index is 0.144. The molecule has 0 aliphatic carbocycles. The molecule has 2 rings (SSSR count). The Morgan fingerprint density at radius 1 is 1.40 bits per heavy atom. The quantitative estimate of drug-likeness (QED) is 0.634. The van der Waals surface area contributed by atoms with Crippen molar-refractivity contribution in [3.8, 4) is 0 Å². The summed E-state index contributed by atoms with van der Waals surface area (Å²) in [7, 11) is 1.30. The molecule has 2 unspecified atom stereocenters. The van der Waals surface area contributed by atoms with E-state index in [1.165, 1.54) is 25.4 Å². The second kappa shape index (κ2) is 5.91. The average molecular weight is 296 g/mol. The van der Waals surface area contributed by atoms with Gasteiger partial charge >= 0.3 is 5.97 Å². The first-order valence-electron chi connectivity index (χ1n) is 6.80. The van der Waals surface area contributed by atoms with Crippen LogP contribution in [0.1, 0.15) is 53.8 Å². The third kappa shape index (κ3) is 2.85. The average Bonchev–Trinajstić information content (AvgIpc) is 2.82. The fourth-order valence-corrected chi connectivity index (χ4v) is 3.67. The summed E-state index contributed by atoms with van der Waals surface area (Å²) in [5, 5.41) is 0.745. The maximum atomic E-state index is 11.7. The summed E-state index contributed by atoms with van der Waals surface area (Å²) < 4.78 is 4.71. The number of hydrogen-bond acceptors (Lipinski definition) is 6. The molecule has 6 heteroatoms. The first-order valence-corrected chi connectivity index (χ1v) is 7.62. The fourth-order valence-electron chi connectivity index (χ4n) is 2.60. The molecule has 1 fully saturated rings. The molecule has 0 aromatic carbocycles. The van der Waals surface area contributed by atoms with E-state index in [0.29, 0.717) is 16.8 Å². The minimum Gasteiger partial charge on any atom is -0.464 e. The SMILES string of the molecule is COC(=O)c1nc(N2CCC(C)CC2C)sc1C(C)=O. The van der Waals surface area contributed by atoms with E-state index < -0.39 is 5.97 Å². The number of esters is 1. The van der Waals surface area contributed by atoms with E-state index in [0.717, 1.165) is 24.5 Å². The van der Waals surface area contributed by atoms with Crippen molar-refractivity contribution in [3.05, 3.63) is 10.6 Å². The van der Waals surface area contributed by atoms with E-state index in [9.17, 15) is 9.59 Å². The van der Waals surface area contributed by atoms with Crippen molar-refractivity contribution in [1.29, 1.82) is 0 Å². The van der Waals surface area contributed by atoms with Crippen LogP contribution in [-0.4, -0.2) is 36.4 Å². The van der Waals surface area contributed by atoms with Crippen molar-refractivity contribution >= 4 is 28.2 Å². The molecular formula is C14H20N2O3S. The van der Waals surface area contributed by atoms with Gasteiger partial charge in [0.05, 0.1) is 7.11 Å². The summed E-state index contributed by atoms with van der Waals surface area (Å²) in [5.74, 6) is 0.0106. The number of ether oxygens (including phenoxy) is 1. The minimum atomic E-state index is -0.546. The summed E-state index contributed by atoms with van der Waals surface area (Å²) in [4.78, 5) is 30.3. The van der Waals surface area contributed by atoms with Crippen molar-refractivity contribution in [2.45, 2.75) is 39.7 Å². The topological polar surface area (TPSA) is 59.5 Å². The number of methoxy groups -OCH3 is 1. The van der Waals surface area contributed by atoms with Gasteiger partial charge in [-0.15, -0.1) is 0 Å². The number of Topliss-reactive ketones (excluding diaryl/α,β-unsaturated/α-hetero) is 1. The molecule has 1 saturated heterocycles. The smallest absolute Gasteiger partial charge is 0.358 e. The zero-order valence-electron chi connectivity index (χ0n) is 12.3. The van der Waals surface area contributed by atoms with E-state index >= 15 is 0 Å². The molecule has 2 heterocycles. The van der Waals surface area contributed by atoms with Gasteiger partial charge in [0.2, 0.25) is 0 Å². The second-order valence-corrected chi connectivity index (χ2v) is 6.37. The van der Waals surface area contributed by atoms with Gasteiger partial charge in [-0.1, -0.05) is 18.3 Å². The van der Waals surface area contributed by atoms with Crippen LogP contribution in [-0.2, 0) is 4.74 Å². The lowest BCUT2D eigenvalue weighted by Gasteiger charge is -2.36. The number of rotatable bonds is 3. The van der Waals surface area contributed by atoms with Gasteiger partial charge in [-0.3, -0.25) is 4.79 Å². The van der Waals surface area contributed by atoms with Gasteiger partial charge in [-0.05, 0) is 25.7 Å². The van der Waals surface area contributed by atoms with Crippen molar-refractivity contribution in [2.24, 2.45) is 5.92 Å². The third-order valence-electron chi connectivity index (χ3n) is 3.70. The zero-order chi connectivity index (χ0) is 14.9. The highest BCUT2D eigenvalue weighted by molar-refractivity contribution is 7.17. The highest BCUT2D eigenvalue weighted by Gasteiger charge is 2.29. The Morgan fingerprint density at radius 3 is 2.65 bits per heavy atom. The molecule has 1 aliphatic rings. The number of aromatic nitrogens is 1. The standard InChI is InChI=1S/C14H20N2O3S/c1-8-5-6-16(9(2)7-8)14-15-11(13(18)19-4)12(20-14)10(3)17/h8-9H,5-7H2,1-4H3. The van der Waals surface area contributed by atoms with Crippen LogP contribution in [0, 0.1) is 5.92 Å². The van der Waals surface area contributed by atoms with Crippen molar-refractivity contribution < 1.29 is 14.3 Å². The van der Waals surface area contributed by atoms with Crippen LogP contribution >= 0.6 is 11.3 Å². The summed E-state index contributed by atoms with van der Waals surface area (Å²) in [6.07, 6.45) is 2.20. The highest BCUT2D eigenvalue weighted by Crippen LogP contribution is 2.33. The fraction of sp³-hybridized carbons (Fsp3) is 0.643. The van der Waals surface area contributed by atoms with Crippen LogP contribution in [0.25, 0.3) is 0 Å². The Hall–Kier alpha value is -1.43. The van der Waals surface area contributed by atoms with E-state index in [1.807, 2.05) is 0 Å². The Kier molecular flexibility index (Phi) is 4.42. The maximum Gasteiger partial charge on any atom is 0.358 e. The van der Waals surface area contributed by atoms with Gasteiger partial charge in [-0.25, -0.2) is 9.78 Å². The van der Waals surface area contributed by atoms with Gasteiger partial charge in [0, 0.05) is 19.5 Å². The number of carbonyl (C=O) groups excluding carboxylic acids is 2. The van der Waals surface area contributed by atoms with Crippen molar-refractivity contribution in [1.82, 2.24) is 4.98 Å². The van der Waals surface area contributed by atoms with Gasteiger partial charge in [0.15, 0.2) is 16.6 Å². The Labute approximate surface area is 122 Å². The molecule has 0 radical (unpaired) electrons. The van der Waals surface area contributed by atoms with Gasteiger partial charge in [0.25, 0.3) is 0 Å². The number of anilines is 1. The van der Waals surface area contributed by atoms with Crippen molar-refractivity contribution in [3.63, 3.8) is 0 Å². The van der Waals surface area contributed by atoms with Crippen LogP contribution in [0.5, 0.6) is 0 Å². The summed E-state index contributed by atoms with van der Waals surface area (Å²) in [6.45, 7) is 6.76. The number of hydrogen-bond donors (Lipinski definition) is 0. The Morgan fingerprint density at radius 2 is 2.10 bits per heavy atom. The van der Waals surface area contributed by atoms with Crippen LogP contribution in [0.15, 0.2) is 0 Å². The molecule has 1 aliphatic heterocycles. The summed E-state index contributed by atoms with van der Waals surface area (Å²) >= 11 is 1.29. The van der Waals surface area contributed by atoms with Crippen LogP contribution in [0.4, 0.5) is 5.13 Å².